The molecule has 1 heterocycles. The second-order valence-corrected chi connectivity index (χ2v) is 17.8. The fourth-order valence-electron chi connectivity index (χ4n) is 2.73. The van der Waals surface area contributed by atoms with Gasteiger partial charge in [0.1, 0.15) is 0 Å². The van der Waals surface area contributed by atoms with Gasteiger partial charge in [-0.15, -0.1) is 0 Å². The quantitative estimate of drug-likeness (QED) is 0.199. The molecular weight excluding hydrogens is 599 g/mol. The van der Waals surface area contributed by atoms with Gasteiger partial charge in [0, 0.05) is 0 Å². The third kappa shape index (κ3) is 6.75. The molecule has 8 nitrogen and oxygen atoms in total. The molecule has 2 aromatic rings. The summed E-state index contributed by atoms with van der Waals surface area (Å²) in [5.74, 6) is 0.275. The van der Waals surface area contributed by atoms with Crippen molar-refractivity contribution < 1.29 is 32.8 Å². The number of benzene rings is 1. The van der Waals surface area contributed by atoms with E-state index >= 15 is 0 Å². The van der Waals surface area contributed by atoms with E-state index in [9.17, 15) is 14.9 Å². The van der Waals surface area contributed by atoms with Crippen LogP contribution in [-0.4, -0.2) is 49.2 Å². The van der Waals surface area contributed by atoms with Crippen LogP contribution in [0.4, 0.5) is 5.82 Å². The van der Waals surface area contributed by atoms with Gasteiger partial charge in [-0.3, -0.25) is 0 Å². The van der Waals surface area contributed by atoms with Crippen LogP contribution in [0.25, 0.3) is 0 Å². The Bertz CT molecular complexity index is 869. The topological polar surface area (TPSA) is 93.3 Å². The van der Waals surface area contributed by atoms with E-state index < -0.39 is 28.0 Å². The monoisotopic (exact) mass is 623 g/mol. The molecule has 0 radical (unpaired) electrons. The van der Waals surface area contributed by atoms with E-state index in [1.54, 1.807) is 6.92 Å². The summed E-state index contributed by atoms with van der Waals surface area (Å²) in [5.41, 5.74) is 0.579. The van der Waals surface area contributed by atoms with Gasteiger partial charge in [-0.2, -0.15) is 0 Å². The fourth-order valence-corrected chi connectivity index (χ4v) is 14.1. The zero-order valence-corrected chi connectivity index (χ0v) is 23.9. The van der Waals surface area contributed by atoms with Gasteiger partial charge in [0.25, 0.3) is 0 Å². The van der Waals surface area contributed by atoms with Crippen LogP contribution in [0.3, 0.4) is 0 Å². The van der Waals surface area contributed by atoms with Gasteiger partial charge >= 0.3 is 191 Å². The van der Waals surface area contributed by atoms with Crippen LogP contribution < -0.4 is 8.39 Å². The summed E-state index contributed by atoms with van der Waals surface area (Å²) in [6, 6.07) is 7.69. The molecule has 0 aliphatic carbocycles. The van der Waals surface area contributed by atoms with Crippen LogP contribution in [0.15, 0.2) is 30.5 Å². The number of aryl methyl sites for hydroxylation is 1. The van der Waals surface area contributed by atoms with Crippen molar-refractivity contribution in [2.75, 3.05) is 19.6 Å². The molecule has 2 rings (SSSR count). The predicted octanol–water partition coefficient (Wildman–Crippen LogP) is 2.51. The number of carbonyl (C=O) groups is 1. The van der Waals surface area contributed by atoms with Crippen molar-refractivity contribution in [1.29, 1.82) is 0 Å². The summed E-state index contributed by atoms with van der Waals surface area (Å²) in [5, 5.41) is 13.8. The zero-order valence-electron chi connectivity index (χ0n) is 16.8. The molecule has 0 atom stereocenters. The van der Waals surface area contributed by atoms with E-state index in [2.05, 4.69) is 29.0 Å². The van der Waals surface area contributed by atoms with Crippen LogP contribution in [0.1, 0.15) is 30.0 Å². The van der Waals surface area contributed by atoms with Gasteiger partial charge in [0.2, 0.25) is 0 Å². The molecule has 0 fully saturated rings. The molecule has 11 heteroatoms. The van der Waals surface area contributed by atoms with E-state index in [1.165, 1.54) is 13.8 Å². The van der Waals surface area contributed by atoms with Crippen LogP contribution in [-0.2, 0) is 29.6 Å². The predicted molar refractivity (Wildman–Crippen MR) is 115 cm³/mol. The second-order valence-electron chi connectivity index (χ2n) is 6.25. The summed E-state index contributed by atoms with van der Waals surface area (Å²) in [4.78, 5) is 29.0. The molecule has 29 heavy (non-hydrogen) atoms. The first-order chi connectivity index (χ1) is 13.9. The Labute approximate surface area is 190 Å². The van der Waals surface area contributed by atoms with Crippen molar-refractivity contribution in [3.63, 3.8) is 0 Å². The zero-order chi connectivity index (χ0) is 21.4. The molecule has 0 aliphatic heterocycles. The minimum absolute atomic E-state index is 0.0749. The number of hydrogen-bond donors (Lipinski definition) is 1. The molecule has 0 saturated carbocycles. The molecule has 0 saturated heterocycles. The van der Waals surface area contributed by atoms with Crippen molar-refractivity contribution in [2.45, 2.75) is 27.3 Å². The maximum absolute atomic E-state index is 12.3. The molecule has 0 spiro atoms. The van der Waals surface area contributed by atoms with Crippen LogP contribution in [0, 0.1) is 17.0 Å². The Morgan fingerprint density at radius 2 is 2.00 bits per heavy atom. The summed E-state index contributed by atoms with van der Waals surface area (Å²) < 4.78 is 3.77. The number of nitrogens with one attached hydrogen (secondary N) is 1. The average Bonchev–Trinajstić information content (AvgIpc) is 3.08. The van der Waals surface area contributed by atoms with Gasteiger partial charge in [-0.1, -0.05) is 0 Å². The number of aromatic nitrogens is 2. The average molecular weight is 622 g/mol. The van der Waals surface area contributed by atoms with Crippen LogP contribution in [0.5, 0.6) is 0 Å². The van der Waals surface area contributed by atoms with Crippen molar-refractivity contribution in [3.05, 3.63) is 52.0 Å². The Balaban J connectivity index is 1.85. The van der Waals surface area contributed by atoms with Gasteiger partial charge in [0.15, 0.2) is 0 Å². The minimum atomic E-state index is -1.40. The van der Waals surface area contributed by atoms with E-state index in [4.69, 9.17) is 12.2 Å². The number of carbonyl (C=O) groups excluding carboxylic acids is 1. The SMILES string of the molecule is CCN(CC)C(=S)[S][Hg][c]1ccc(C(=O)NCCn2c([N+](=O)[O-])cnc2C)cc1. The maximum atomic E-state index is 12.3. The first kappa shape index (κ1) is 23.8. The van der Waals surface area contributed by atoms with E-state index in [-0.39, 0.29) is 18.3 Å². The Kier molecular flexibility index (Phi) is 9.51. The number of thiocarbonyl (C=S) groups is 1. The molecule has 1 amide bonds. The summed E-state index contributed by atoms with van der Waals surface area (Å²) in [7, 11) is 1.83. The number of nitrogens with zero attached hydrogens (tertiary/aromatic N) is 4. The van der Waals surface area contributed by atoms with Crippen molar-refractivity contribution in [2.24, 2.45) is 0 Å². The Morgan fingerprint density at radius 3 is 2.59 bits per heavy atom. The van der Waals surface area contributed by atoms with E-state index in [1.807, 2.05) is 32.5 Å². The van der Waals surface area contributed by atoms with Gasteiger partial charge in [-0.25, -0.2) is 0 Å². The Hall–Kier alpha value is -1.52. The first-order valence-electron chi connectivity index (χ1n) is 9.32. The first-order valence-corrected chi connectivity index (χ1v) is 20.2. The Morgan fingerprint density at radius 1 is 1.34 bits per heavy atom. The molecule has 152 valence electrons. The summed E-state index contributed by atoms with van der Waals surface area (Å²) >= 11 is 4.09. The number of hydrogen-bond acceptors (Lipinski definition) is 6. The standard InChI is InChI=1S/C13H13N4O3.C5H11NS2.Hg/c1-10-15-9-12(17(19)20)16(10)8-7-14-13(18)11-5-3-2-4-6-11;1-3-6(4-2)5(7)8;/h3-6,9H,7-8H2,1H3,(H,14,18);3-4H2,1-2H3,(H,7,8);/q;;+1/p-1. The third-order valence-corrected chi connectivity index (χ3v) is 19.1. The van der Waals surface area contributed by atoms with Gasteiger partial charge < -0.3 is 0 Å². The van der Waals surface area contributed by atoms with Crippen molar-refractivity contribution in [1.82, 2.24) is 19.8 Å². The number of rotatable bonds is 9. The van der Waals surface area contributed by atoms with Crippen molar-refractivity contribution in [3.8, 4) is 0 Å². The molecule has 0 unspecified atom stereocenters. The normalized spacial score (nSPS) is 10.3. The van der Waals surface area contributed by atoms with Crippen molar-refractivity contribution >= 4 is 39.6 Å². The number of nitro groups is 1. The van der Waals surface area contributed by atoms with E-state index in [0.717, 1.165) is 17.4 Å². The summed E-state index contributed by atoms with van der Waals surface area (Å²) in [6.45, 7) is 8.34. The number of amides is 1. The van der Waals surface area contributed by atoms with Crippen LogP contribution >= 0.6 is 20.5 Å². The molecular formula is C18H23HgN5O3S2. The van der Waals surface area contributed by atoms with Gasteiger partial charge in [-0.05, 0) is 0 Å². The van der Waals surface area contributed by atoms with E-state index in [0.29, 0.717) is 17.9 Å². The molecule has 0 aliphatic rings. The molecule has 1 aromatic carbocycles. The second kappa shape index (κ2) is 11.6. The third-order valence-electron chi connectivity index (χ3n) is 4.44. The van der Waals surface area contributed by atoms with Gasteiger partial charge in [0.05, 0.1) is 0 Å². The fraction of sp³-hybridized carbons (Fsp3) is 0.389. The molecule has 1 aromatic heterocycles. The molecule has 1 N–H and O–H groups in total. The summed E-state index contributed by atoms with van der Waals surface area (Å²) in [6.07, 6.45) is 1.23. The number of imidazole rings is 1. The van der Waals surface area contributed by atoms with Crippen LogP contribution in [0.2, 0.25) is 0 Å². The molecule has 0 bridgehead atoms.